The molecule has 114 valence electrons. The van der Waals surface area contributed by atoms with Gasteiger partial charge in [-0.05, 0) is 38.5 Å². The Morgan fingerprint density at radius 3 is 2.40 bits per heavy atom. The Labute approximate surface area is 125 Å². The Morgan fingerprint density at radius 2 is 1.80 bits per heavy atom. The first-order chi connectivity index (χ1) is 9.62. The van der Waals surface area contributed by atoms with E-state index in [1.807, 2.05) is 0 Å². The molecule has 0 aliphatic carbocycles. The molecule has 0 fully saturated rings. The van der Waals surface area contributed by atoms with Gasteiger partial charge in [0.25, 0.3) is 0 Å². The summed E-state index contributed by atoms with van der Waals surface area (Å²) in [4.78, 5) is 2.48. The van der Waals surface area contributed by atoms with Crippen LogP contribution in [-0.4, -0.2) is 38.1 Å². The molecule has 1 rings (SSSR count). The number of hydrogen-bond acceptors (Lipinski definition) is 2. The van der Waals surface area contributed by atoms with Crippen LogP contribution in [-0.2, 0) is 5.41 Å². The van der Waals surface area contributed by atoms with Gasteiger partial charge in [0.2, 0.25) is 0 Å². The van der Waals surface area contributed by atoms with E-state index in [4.69, 9.17) is 0 Å². The van der Waals surface area contributed by atoms with E-state index in [9.17, 15) is 0 Å². The van der Waals surface area contributed by atoms with Gasteiger partial charge in [-0.2, -0.15) is 0 Å². The second-order valence-corrected chi connectivity index (χ2v) is 6.19. The molecular formula is C18H32N2. The molecule has 1 N–H and O–H groups in total. The van der Waals surface area contributed by atoms with E-state index < -0.39 is 0 Å². The summed E-state index contributed by atoms with van der Waals surface area (Å²) < 4.78 is 0. The van der Waals surface area contributed by atoms with Crippen molar-refractivity contribution in [1.82, 2.24) is 10.2 Å². The third-order valence-electron chi connectivity index (χ3n) is 3.92. The third-order valence-corrected chi connectivity index (χ3v) is 3.92. The molecule has 1 aromatic carbocycles. The normalized spacial score (nSPS) is 14.4. The van der Waals surface area contributed by atoms with E-state index >= 15 is 0 Å². The predicted molar refractivity (Wildman–Crippen MR) is 89.4 cm³/mol. The number of benzene rings is 1. The van der Waals surface area contributed by atoms with Crippen molar-refractivity contribution >= 4 is 0 Å². The molecule has 0 radical (unpaired) electrons. The van der Waals surface area contributed by atoms with Crippen LogP contribution >= 0.6 is 0 Å². The molecule has 1 atom stereocenters. The lowest BCUT2D eigenvalue weighted by molar-refractivity contribution is 0.246. The zero-order valence-corrected chi connectivity index (χ0v) is 13.8. The van der Waals surface area contributed by atoms with Crippen molar-refractivity contribution in [2.45, 2.75) is 45.4 Å². The Morgan fingerprint density at radius 1 is 1.10 bits per heavy atom. The molecule has 0 heterocycles. The summed E-state index contributed by atoms with van der Waals surface area (Å²) in [5.41, 5.74) is 1.62. The highest BCUT2D eigenvalue weighted by Gasteiger charge is 2.27. The molecule has 0 spiro atoms. The van der Waals surface area contributed by atoms with Crippen LogP contribution in [0.5, 0.6) is 0 Å². The van der Waals surface area contributed by atoms with E-state index in [0.29, 0.717) is 0 Å². The van der Waals surface area contributed by atoms with Gasteiger partial charge in [0, 0.05) is 18.5 Å². The standard InChI is InChI=1S/C18H32N2/c1-5-7-14-20(4)16-18(3,15-19-13-6-2)17-11-9-8-10-12-17/h8-12,19H,5-7,13-16H2,1-4H3. The third kappa shape index (κ3) is 5.64. The van der Waals surface area contributed by atoms with Crippen molar-refractivity contribution < 1.29 is 0 Å². The lowest BCUT2D eigenvalue weighted by Crippen LogP contribution is -2.44. The number of nitrogens with zero attached hydrogens (tertiary/aromatic N) is 1. The van der Waals surface area contributed by atoms with E-state index in [1.54, 1.807) is 0 Å². The van der Waals surface area contributed by atoms with Gasteiger partial charge in [-0.25, -0.2) is 0 Å². The van der Waals surface area contributed by atoms with Crippen LogP contribution in [0.2, 0.25) is 0 Å². The van der Waals surface area contributed by atoms with Gasteiger partial charge in [0.15, 0.2) is 0 Å². The molecule has 0 aliphatic heterocycles. The first-order valence-corrected chi connectivity index (χ1v) is 8.07. The van der Waals surface area contributed by atoms with Gasteiger partial charge < -0.3 is 10.2 Å². The lowest BCUT2D eigenvalue weighted by atomic mass is 9.81. The number of rotatable bonds is 10. The number of hydrogen-bond donors (Lipinski definition) is 1. The van der Waals surface area contributed by atoms with Crippen molar-refractivity contribution in [2.24, 2.45) is 0 Å². The van der Waals surface area contributed by atoms with Crippen molar-refractivity contribution in [3.8, 4) is 0 Å². The summed E-state index contributed by atoms with van der Waals surface area (Å²) in [5.74, 6) is 0. The van der Waals surface area contributed by atoms with Gasteiger partial charge in [0.05, 0.1) is 0 Å². The highest BCUT2D eigenvalue weighted by Crippen LogP contribution is 2.24. The van der Waals surface area contributed by atoms with Crippen molar-refractivity contribution in [3.63, 3.8) is 0 Å². The minimum atomic E-state index is 0.179. The number of likely N-dealkylation sites (N-methyl/N-ethyl adjacent to an activating group) is 1. The minimum Gasteiger partial charge on any atom is -0.316 e. The number of unbranched alkanes of at least 4 members (excludes halogenated alkanes) is 1. The van der Waals surface area contributed by atoms with Gasteiger partial charge >= 0.3 is 0 Å². The molecule has 1 unspecified atom stereocenters. The Bertz CT molecular complexity index is 350. The average molecular weight is 276 g/mol. The molecule has 0 aromatic heterocycles. The lowest BCUT2D eigenvalue weighted by Gasteiger charge is -2.35. The predicted octanol–water partition coefficient (Wildman–Crippen LogP) is 3.68. The fraction of sp³-hybridized carbons (Fsp3) is 0.667. The topological polar surface area (TPSA) is 15.3 Å². The van der Waals surface area contributed by atoms with Crippen LogP contribution in [0, 0.1) is 0 Å². The fourth-order valence-electron chi connectivity index (χ4n) is 2.73. The molecular weight excluding hydrogens is 244 g/mol. The second-order valence-electron chi connectivity index (χ2n) is 6.19. The summed E-state index contributed by atoms with van der Waals surface area (Å²) in [6.45, 7) is 11.3. The van der Waals surface area contributed by atoms with E-state index in [-0.39, 0.29) is 5.41 Å². The summed E-state index contributed by atoms with van der Waals surface area (Å²) in [6.07, 6.45) is 3.74. The van der Waals surface area contributed by atoms with Crippen LogP contribution in [0.15, 0.2) is 30.3 Å². The van der Waals surface area contributed by atoms with Crippen LogP contribution in [0.1, 0.15) is 45.6 Å². The monoisotopic (exact) mass is 276 g/mol. The zero-order chi connectivity index (χ0) is 14.8. The average Bonchev–Trinajstić information content (AvgIpc) is 2.46. The highest BCUT2D eigenvalue weighted by atomic mass is 15.1. The molecule has 0 saturated heterocycles. The highest BCUT2D eigenvalue weighted by molar-refractivity contribution is 5.25. The quantitative estimate of drug-likeness (QED) is 0.656. The molecule has 0 saturated carbocycles. The van der Waals surface area contributed by atoms with Crippen LogP contribution < -0.4 is 5.32 Å². The Balaban J connectivity index is 2.73. The van der Waals surface area contributed by atoms with Gasteiger partial charge in [-0.3, -0.25) is 0 Å². The second kappa shape index (κ2) is 9.15. The maximum Gasteiger partial charge on any atom is 0.0176 e. The molecule has 2 nitrogen and oxygen atoms in total. The Kier molecular flexibility index (Phi) is 7.86. The van der Waals surface area contributed by atoms with Gasteiger partial charge in [-0.15, -0.1) is 0 Å². The smallest absolute Gasteiger partial charge is 0.0176 e. The molecule has 2 heteroatoms. The summed E-state index contributed by atoms with van der Waals surface area (Å²) in [7, 11) is 2.25. The van der Waals surface area contributed by atoms with Crippen LogP contribution in [0.3, 0.4) is 0 Å². The largest absolute Gasteiger partial charge is 0.316 e. The molecule has 1 aromatic rings. The van der Waals surface area contributed by atoms with E-state index in [1.165, 1.54) is 31.4 Å². The van der Waals surface area contributed by atoms with Gasteiger partial charge in [-0.1, -0.05) is 57.5 Å². The van der Waals surface area contributed by atoms with E-state index in [0.717, 1.165) is 19.6 Å². The van der Waals surface area contributed by atoms with Crippen molar-refractivity contribution in [2.75, 3.05) is 33.2 Å². The molecule has 0 bridgehead atoms. The maximum atomic E-state index is 3.61. The Hall–Kier alpha value is -0.860. The SMILES string of the molecule is CCCCN(C)CC(C)(CNCCC)c1ccccc1. The molecule has 20 heavy (non-hydrogen) atoms. The fourth-order valence-corrected chi connectivity index (χ4v) is 2.73. The zero-order valence-electron chi connectivity index (χ0n) is 13.8. The van der Waals surface area contributed by atoms with E-state index in [2.05, 4.69) is 68.4 Å². The summed E-state index contributed by atoms with van der Waals surface area (Å²) in [5, 5.41) is 3.61. The van der Waals surface area contributed by atoms with Crippen LogP contribution in [0.25, 0.3) is 0 Å². The van der Waals surface area contributed by atoms with Crippen LogP contribution in [0.4, 0.5) is 0 Å². The van der Waals surface area contributed by atoms with Crippen molar-refractivity contribution in [3.05, 3.63) is 35.9 Å². The van der Waals surface area contributed by atoms with Crippen molar-refractivity contribution in [1.29, 1.82) is 0 Å². The first-order valence-electron chi connectivity index (χ1n) is 8.07. The maximum absolute atomic E-state index is 3.61. The molecule has 0 aliphatic rings. The minimum absolute atomic E-state index is 0.179. The van der Waals surface area contributed by atoms with Gasteiger partial charge in [0.1, 0.15) is 0 Å². The number of nitrogens with one attached hydrogen (secondary N) is 1. The molecule has 0 amide bonds. The summed E-state index contributed by atoms with van der Waals surface area (Å²) >= 11 is 0. The summed E-state index contributed by atoms with van der Waals surface area (Å²) in [6, 6.07) is 10.9. The first kappa shape index (κ1) is 17.2.